The summed E-state index contributed by atoms with van der Waals surface area (Å²) in [5, 5.41) is 3.02. The number of benzene rings is 3. The zero-order valence-electron chi connectivity index (χ0n) is 21.0. The van der Waals surface area contributed by atoms with Crippen molar-refractivity contribution < 1.29 is 19.2 Å². The SMILES string of the molecule is Cc1ccccc1CN1C(=O)C(=Cc2ccc(C(=O)NCC[NH+]3CCOCC3)cc2)Sc2ccccc21. The monoisotopic (exact) mass is 514 g/mol. The summed E-state index contributed by atoms with van der Waals surface area (Å²) in [6, 6.07) is 23.6. The Kier molecular flexibility index (Phi) is 8.04. The fourth-order valence-corrected chi connectivity index (χ4v) is 5.68. The van der Waals surface area contributed by atoms with Gasteiger partial charge in [0.2, 0.25) is 0 Å². The first-order valence-corrected chi connectivity index (χ1v) is 13.5. The van der Waals surface area contributed by atoms with Gasteiger partial charge in [-0.2, -0.15) is 0 Å². The zero-order chi connectivity index (χ0) is 25.6. The predicted octanol–water partition coefficient (Wildman–Crippen LogP) is 3.32. The number of carbonyl (C=O) groups is 2. The van der Waals surface area contributed by atoms with Gasteiger partial charge in [0.1, 0.15) is 13.1 Å². The van der Waals surface area contributed by atoms with E-state index in [-0.39, 0.29) is 11.8 Å². The summed E-state index contributed by atoms with van der Waals surface area (Å²) in [5.41, 5.74) is 4.73. The van der Waals surface area contributed by atoms with E-state index >= 15 is 0 Å². The summed E-state index contributed by atoms with van der Waals surface area (Å²) >= 11 is 1.49. The van der Waals surface area contributed by atoms with E-state index < -0.39 is 0 Å². The number of ether oxygens (including phenoxy) is 1. The topological polar surface area (TPSA) is 63.1 Å². The number of para-hydroxylation sites is 1. The van der Waals surface area contributed by atoms with Gasteiger partial charge >= 0.3 is 0 Å². The number of anilines is 1. The van der Waals surface area contributed by atoms with Crippen molar-refractivity contribution in [3.63, 3.8) is 0 Å². The fraction of sp³-hybridized carbons (Fsp3) is 0.267. The summed E-state index contributed by atoms with van der Waals surface area (Å²) in [7, 11) is 0. The number of aryl methyl sites for hydroxylation is 1. The first-order valence-electron chi connectivity index (χ1n) is 12.7. The standard InChI is InChI=1S/C30H31N3O3S/c1-22-6-2-3-7-25(22)21-33-26-8-4-5-9-27(26)37-28(30(33)35)20-23-10-12-24(13-11-23)29(34)31-14-15-32-16-18-36-19-17-32/h2-13,20H,14-19,21H2,1H3,(H,31,34)/p+1. The van der Waals surface area contributed by atoms with E-state index in [1.54, 1.807) is 0 Å². The van der Waals surface area contributed by atoms with Crippen LogP contribution in [0.15, 0.2) is 82.6 Å². The number of nitrogens with zero attached hydrogens (tertiary/aromatic N) is 1. The highest BCUT2D eigenvalue weighted by molar-refractivity contribution is 8.04. The Labute approximate surface area is 222 Å². The molecule has 0 spiro atoms. The zero-order valence-corrected chi connectivity index (χ0v) is 21.9. The molecule has 0 bridgehead atoms. The first-order chi connectivity index (χ1) is 18.1. The number of rotatable bonds is 7. The number of thioether (sulfide) groups is 1. The lowest BCUT2D eigenvalue weighted by molar-refractivity contribution is -0.906. The maximum Gasteiger partial charge on any atom is 0.265 e. The molecule has 0 unspecified atom stereocenters. The van der Waals surface area contributed by atoms with Gasteiger partial charge in [0.15, 0.2) is 0 Å². The van der Waals surface area contributed by atoms with Crippen LogP contribution in [-0.2, 0) is 16.1 Å². The molecular weight excluding hydrogens is 482 g/mol. The van der Waals surface area contributed by atoms with E-state index in [9.17, 15) is 9.59 Å². The maximum absolute atomic E-state index is 13.6. The minimum absolute atomic E-state index is 0.0145. The third-order valence-electron chi connectivity index (χ3n) is 6.86. The van der Waals surface area contributed by atoms with Gasteiger partial charge in [-0.25, -0.2) is 0 Å². The lowest BCUT2D eigenvalue weighted by atomic mass is 10.1. The van der Waals surface area contributed by atoms with E-state index in [2.05, 4.69) is 30.4 Å². The summed E-state index contributed by atoms with van der Waals surface area (Å²) in [6.45, 7) is 7.69. The molecule has 5 rings (SSSR count). The van der Waals surface area contributed by atoms with Crippen molar-refractivity contribution in [3.05, 3.63) is 100.0 Å². The summed E-state index contributed by atoms with van der Waals surface area (Å²) in [5.74, 6) is -0.0901. The van der Waals surface area contributed by atoms with Crippen LogP contribution < -0.4 is 15.1 Å². The molecule has 0 atom stereocenters. The number of fused-ring (bicyclic) bond motifs is 1. The number of hydrogen-bond acceptors (Lipinski definition) is 4. The van der Waals surface area contributed by atoms with Crippen molar-refractivity contribution in [3.8, 4) is 0 Å². The Balaban J connectivity index is 1.28. The van der Waals surface area contributed by atoms with Crippen LogP contribution in [0.3, 0.4) is 0 Å². The molecule has 1 fully saturated rings. The first kappa shape index (κ1) is 25.3. The van der Waals surface area contributed by atoms with Crippen LogP contribution in [0.1, 0.15) is 27.0 Å². The van der Waals surface area contributed by atoms with Gasteiger partial charge in [-0.15, -0.1) is 0 Å². The molecule has 0 saturated carbocycles. The molecule has 3 aromatic rings. The van der Waals surface area contributed by atoms with Crippen molar-refractivity contribution in [1.82, 2.24) is 5.32 Å². The average molecular weight is 515 g/mol. The van der Waals surface area contributed by atoms with Gasteiger partial charge in [0.05, 0.1) is 43.4 Å². The van der Waals surface area contributed by atoms with Crippen LogP contribution in [-0.4, -0.2) is 51.2 Å². The smallest absolute Gasteiger partial charge is 0.265 e. The highest BCUT2D eigenvalue weighted by Crippen LogP contribution is 2.42. The highest BCUT2D eigenvalue weighted by Gasteiger charge is 2.29. The van der Waals surface area contributed by atoms with Crippen LogP contribution in [0.5, 0.6) is 0 Å². The second-order valence-electron chi connectivity index (χ2n) is 9.39. The molecule has 190 valence electrons. The van der Waals surface area contributed by atoms with Crippen molar-refractivity contribution in [2.45, 2.75) is 18.4 Å². The normalized spacial score (nSPS) is 17.1. The summed E-state index contributed by atoms with van der Waals surface area (Å²) in [6.07, 6.45) is 1.91. The third-order valence-corrected chi connectivity index (χ3v) is 7.93. The van der Waals surface area contributed by atoms with Gasteiger partial charge in [-0.05, 0) is 54.0 Å². The van der Waals surface area contributed by atoms with E-state index in [1.807, 2.05) is 65.6 Å². The Bertz CT molecular complexity index is 1300. The maximum atomic E-state index is 13.6. The quantitative estimate of drug-likeness (QED) is 0.475. The van der Waals surface area contributed by atoms with E-state index in [1.165, 1.54) is 16.7 Å². The van der Waals surface area contributed by atoms with Crippen LogP contribution in [0.4, 0.5) is 5.69 Å². The van der Waals surface area contributed by atoms with Gasteiger partial charge in [0.25, 0.3) is 11.8 Å². The summed E-state index contributed by atoms with van der Waals surface area (Å²) in [4.78, 5) is 31.2. The number of quaternary nitrogens is 1. The van der Waals surface area contributed by atoms with Crippen molar-refractivity contribution >= 4 is 35.3 Å². The molecule has 0 aliphatic carbocycles. The van der Waals surface area contributed by atoms with E-state index in [4.69, 9.17) is 4.74 Å². The number of carbonyl (C=O) groups excluding carboxylic acids is 2. The van der Waals surface area contributed by atoms with Gasteiger partial charge in [-0.1, -0.05) is 60.3 Å². The Morgan fingerprint density at radius 2 is 1.76 bits per heavy atom. The number of nitrogens with one attached hydrogen (secondary N) is 2. The van der Waals surface area contributed by atoms with Crippen LogP contribution in [0, 0.1) is 6.92 Å². The van der Waals surface area contributed by atoms with Crippen LogP contribution >= 0.6 is 11.8 Å². The van der Waals surface area contributed by atoms with Crippen molar-refractivity contribution in [1.29, 1.82) is 0 Å². The number of amides is 2. The average Bonchev–Trinajstić information content (AvgIpc) is 2.93. The molecule has 6 nitrogen and oxygen atoms in total. The van der Waals surface area contributed by atoms with Crippen molar-refractivity contribution in [2.75, 3.05) is 44.3 Å². The number of morpholine rings is 1. The summed E-state index contributed by atoms with van der Waals surface area (Å²) < 4.78 is 5.39. The molecule has 3 aromatic carbocycles. The Hall–Kier alpha value is -3.39. The molecule has 7 heteroatoms. The molecule has 2 N–H and O–H groups in total. The Morgan fingerprint density at radius 1 is 1.03 bits per heavy atom. The largest absolute Gasteiger partial charge is 0.370 e. The van der Waals surface area contributed by atoms with Gasteiger partial charge in [-0.3, -0.25) is 9.59 Å². The predicted molar refractivity (Wildman–Crippen MR) is 148 cm³/mol. The minimum atomic E-state index is -0.0756. The van der Waals surface area contributed by atoms with Crippen molar-refractivity contribution in [2.24, 2.45) is 0 Å². The lowest BCUT2D eigenvalue weighted by Gasteiger charge is -2.31. The molecular formula is C30H32N3O3S+. The molecule has 0 aromatic heterocycles. The molecule has 2 amide bonds. The van der Waals surface area contributed by atoms with E-state index in [0.717, 1.165) is 60.1 Å². The highest BCUT2D eigenvalue weighted by atomic mass is 32.2. The molecule has 1 saturated heterocycles. The molecule has 2 aliphatic heterocycles. The third kappa shape index (κ3) is 6.13. The molecule has 2 heterocycles. The fourth-order valence-electron chi connectivity index (χ4n) is 4.62. The second kappa shape index (κ2) is 11.8. The Morgan fingerprint density at radius 3 is 2.54 bits per heavy atom. The molecule has 0 radical (unpaired) electrons. The van der Waals surface area contributed by atoms with Crippen LogP contribution in [0.2, 0.25) is 0 Å². The molecule has 2 aliphatic rings. The van der Waals surface area contributed by atoms with E-state index in [0.29, 0.717) is 23.6 Å². The second-order valence-corrected chi connectivity index (χ2v) is 10.5. The number of hydrogen-bond donors (Lipinski definition) is 2. The van der Waals surface area contributed by atoms with Gasteiger partial charge < -0.3 is 19.9 Å². The van der Waals surface area contributed by atoms with Gasteiger partial charge in [0, 0.05) is 10.5 Å². The molecule has 37 heavy (non-hydrogen) atoms. The van der Waals surface area contributed by atoms with Crippen LogP contribution in [0.25, 0.3) is 6.08 Å². The lowest BCUT2D eigenvalue weighted by Crippen LogP contribution is -3.14. The minimum Gasteiger partial charge on any atom is -0.370 e.